The first-order valence-electron chi connectivity index (χ1n) is 7.63. The highest BCUT2D eigenvalue weighted by Gasteiger charge is 2.34. The van der Waals surface area contributed by atoms with Crippen LogP contribution in [0.25, 0.3) is 0 Å². The van der Waals surface area contributed by atoms with Crippen molar-refractivity contribution < 1.29 is 9.18 Å². The molecule has 0 amide bonds. The molecule has 1 aromatic carbocycles. The van der Waals surface area contributed by atoms with Gasteiger partial charge in [-0.25, -0.2) is 4.39 Å². The summed E-state index contributed by atoms with van der Waals surface area (Å²) < 4.78 is 14.1. The molecule has 0 aromatic heterocycles. The zero-order valence-electron chi connectivity index (χ0n) is 12.8. The van der Waals surface area contributed by atoms with Crippen LogP contribution in [0.3, 0.4) is 0 Å². The van der Waals surface area contributed by atoms with Crippen molar-refractivity contribution in [2.24, 2.45) is 0 Å². The standard InChI is InChI=1S/C17H23BrFNO/c1-17(2,20-7-5-3-4-6-8-20)16(21)11-13-9-14(18)12-15(19)10-13/h9-10,12H,3-8,11H2,1-2H3. The number of nitrogens with zero attached hydrogens (tertiary/aromatic N) is 1. The summed E-state index contributed by atoms with van der Waals surface area (Å²) in [6, 6.07) is 4.68. The Labute approximate surface area is 134 Å². The second kappa shape index (κ2) is 7.01. The van der Waals surface area contributed by atoms with Crippen LogP contribution in [0, 0.1) is 5.82 Å². The Balaban J connectivity index is 2.09. The molecule has 4 heteroatoms. The maximum Gasteiger partial charge on any atom is 0.156 e. The van der Waals surface area contributed by atoms with Gasteiger partial charge in [-0.05, 0) is 63.5 Å². The zero-order valence-corrected chi connectivity index (χ0v) is 14.4. The van der Waals surface area contributed by atoms with Gasteiger partial charge in [0, 0.05) is 10.9 Å². The molecule has 1 heterocycles. The highest BCUT2D eigenvalue weighted by Crippen LogP contribution is 2.24. The molecule has 1 aliphatic rings. The molecule has 2 rings (SSSR count). The van der Waals surface area contributed by atoms with E-state index < -0.39 is 5.54 Å². The van der Waals surface area contributed by atoms with Crippen molar-refractivity contribution in [2.75, 3.05) is 13.1 Å². The quantitative estimate of drug-likeness (QED) is 0.799. The Bertz CT molecular complexity index is 487. The van der Waals surface area contributed by atoms with Gasteiger partial charge in [0.2, 0.25) is 0 Å². The van der Waals surface area contributed by atoms with Crippen molar-refractivity contribution in [2.45, 2.75) is 51.5 Å². The minimum absolute atomic E-state index is 0.155. The summed E-state index contributed by atoms with van der Waals surface area (Å²) in [7, 11) is 0. The van der Waals surface area contributed by atoms with Crippen molar-refractivity contribution in [1.29, 1.82) is 0 Å². The summed E-state index contributed by atoms with van der Waals surface area (Å²) in [6.45, 7) is 5.95. The second-order valence-corrected chi connectivity index (χ2v) is 7.25. The summed E-state index contributed by atoms with van der Waals surface area (Å²) in [6.07, 6.45) is 5.08. The van der Waals surface area contributed by atoms with Crippen LogP contribution in [0.2, 0.25) is 0 Å². The molecule has 1 fully saturated rings. The molecule has 1 aromatic rings. The van der Waals surface area contributed by atoms with Gasteiger partial charge in [0.25, 0.3) is 0 Å². The molecular formula is C17H23BrFNO. The molecule has 1 aliphatic heterocycles. The molecule has 21 heavy (non-hydrogen) atoms. The topological polar surface area (TPSA) is 20.3 Å². The lowest BCUT2D eigenvalue weighted by atomic mass is 9.91. The molecule has 0 saturated carbocycles. The van der Waals surface area contributed by atoms with Gasteiger partial charge < -0.3 is 0 Å². The van der Waals surface area contributed by atoms with Gasteiger partial charge >= 0.3 is 0 Å². The van der Waals surface area contributed by atoms with Gasteiger partial charge in [-0.2, -0.15) is 0 Å². The Kier molecular flexibility index (Phi) is 5.55. The van der Waals surface area contributed by atoms with E-state index in [0.29, 0.717) is 4.47 Å². The molecule has 0 atom stereocenters. The number of halogens is 2. The maximum absolute atomic E-state index is 13.4. The highest BCUT2D eigenvalue weighted by molar-refractivity contribution is 9.10. The number of carbonyl (C=O) groups excluding carboxylic acids is 1. The first-order chi connectivity index (χ1) is 9.89. The van der Waals surface area contributed by atoms with E-state index in [1.807, 2.05) is 19.9 Å². The number of benzene rings is 1. The lowest BCUT2D eigenvalue weighted by Crippen LogP contribution is -2.51. The van der Waals surface area contributed by atoms with E-state index in [0.717, 1.165) is 31.5 Å². The minimum Gasteiger partial charge on any atom is -0.297 e. The van der Waals surface area contributed by atoms with E-state index in [2.05, 4.69) is 20.8 Å². The monoisotopic (exact) mass is 355 g/mol. The summed E-state index contributed by atoms with van der Waals surface area (Å²) in [5, 5.41) is 0. The van der Waals surface area contributed by atoms with Crippen molar-refractivity contribution >= 4 is 21.7 Å². The average molecular weight is 356 g/mol. The molecule has 0 spiro atoms. The van der Waals surface area contributed by atoms with Crippen LogP contribution in [0.15, 0.2) is 22.7 Å². The number of hydrogen-bond donors (Lipinski definition) is 0. The largest absolute Gasteiger partial charge is 0.297 e. The fraction of sp³-hybridized carbons (Fsp3) is 0.588. The number of ketones is 1. The summed E-state index contributed by atoms with van der Waals surface area (Å²) in [4.78, 5) is 15.0. The summed E-state index contributed by atoms with van der Waals surface area (Å²) in [5.41, 5.74) is 0.248. The lowest BCUT2D eigenvalue weighted by molar-refractivity contribution is -0.128. The summed E-state index contributed by atoms with van der Waals surface area (Å²) >= 11 is 3.28. The molecule has 0 N–H and O–H groups in total. The van der Waals surface area contributed by atoms with Gasteiger partial charge in [0.05, 0.1) is 5.54 Å². The smallest absolute Gasteiger partial charge is 0.156 e. The van der Waals surface area contributed by atoms with Crippen molar-refractivity contribution in [3.8, 4) is 0 Å². The number of carbonyl (C=O) groups is 1. The molecule has 0 radical (unpaired) electrons. The third kappa shape index (κ3) is 4.36. The zero-order chi connectivity index (χ0) is 15.5. The first kappa shape index (κ1) is 16.6. The molecule has 116 valence electrons. The molecular weight excluding hydrogens is 333 g/mol. The molecule has 2 nitrogen and oxygen atoms in total. The predicted octanol–water partition coefficient (Wildman–Crippen LogP) is 4.35. The van der Waals surface area contributed by atoms with Crippen molar-refractivity contribution in [3.05, 3.63) is 34.1 Å². The van der Waals surface area contributed by atoms with Crippen LogP contribution in [0.1, 0.15) is 45.1 Å². The van der Waals surface area contributed by atoms with Crippen molar-refractivity contribution in [3.63, 3.8) is 0 Å². The van der Waals surface area contributed by atoms with Crippen LogP contribution in [0.4, 0.5) is 4.39 Å². The van der Waals surface area contributed by atoms with Crippen LogP contribution in [0.5, 0.6) is 0 Å². The van der Waals surface area contributed by atoms with Crippen molar-refractivity contribution in [1.82, 2.24) is 4.90 Å². The average Bonchev–Trinajstić information content (AvgIpc) is 2.66. The minimum atomic E-state index is -0.483. The first-order valence-corrected chi connectivity index (χ1v) is 8.42. The molecule has 0 bridgehead atoms. The number of Topliss-reactive ketones (excluding diaryl/α,β-unsaturated/α-hetero) is 1. The Morgan fingerprint density at radius 3 is 2.38 bits per heavy atom. The van der Waals surface area contributed by atoms with Gasteiger partial charge in [0.15, 0.2) is 5.78 Å². The Morgan fingerprint density at radius 1 is 1.19 bits per heavy atom. The van der Waals surface area contributed by atoms with Crippen LogP contribution < -0.4 is 0 Å². The molecule has 0 aliphatic carbocycles. The van der Waals surface area contributed by atoms with E-state index in [4.69, 9.17) is 0 Å². The molecule has 1 saturated heterocycles. The number of likely N-dealkylation sites (tertiary alicyclic amines) is 1. The van der Waals surface area contributed by atoms with E-state index in [1.165, 1.54) is 25.0 Å². The van der Waals surface area contributed by atoms with E-state index in [-0.39, 0.29) is 18.0 Å². The summed E-state index contributed by atoms with van der Waals surface area (Å²) in [5.74, 6) is -0.151. The number of rotatable bonds is 4. The predicted molar refractivity (Wildman–Crippen MR) is 86.9 cm³/mol. The maximum atomic E-state index is 13.4. The fourth-order valence-corrected chi connectivity index (χ4v) is 3.43. The molecule has 0 unspecified atom stereocenters. The Morgan fingerprint density at radius 2 is 1.81 bits per heavy atom. The normalized spacial score (nSPS) is 17.5. The van der Waals surface area contributed by atoms with Gasteiger partial charge in [-0.15, -0.1) is 0 Å². The van der Waals surface area contributed by atoms with Gasteiger partial charge in [-0.3, -0.25) is 9.69 Å². The van der Waals surface area contributed by atoms with Gasteiger partial charge in [-0.1, -0.05) is 28.8 Å². The highest BCUT2D eigenvalue weighted by atomic mass is 79.9. The SMILES string of the molecule is CC(C)(C(=O)Cc1cc(F)cc(Br)c1)N1CCCCCC1. The van der Waals surface area contributed by atoms with Crippen LogP contribution >= 0.6 is 15.9 Å². The Hall–Kier alpha value is -0.740. The van der Waals surface area contributed by atoms with E-state index >= 15 is 0 Å². The number of hydrogen-bond acceptors (Lipinski definition) is 2. The third-order valence-corrected chi connectivity index (χ3v) is 4.82. The fourth-order valence-electron chi connectivity index (χ4n) is 2.92. The lowest BCUT2D eigenvalue weighted by Gasteiger charge is -2.36. The van der Waals surface area contributed by atoms with E-state index in [1.54, 1.807) is 0 Å². The van der Waals surface area contributed by atoms with Crippen LogP contribution in [-0.4, -0.2) is 29.3 Å². The van der Waals surface area contributed by atoms with Gasteiger partial charge in [0.1, 0.15) is 5.82 Å². The van der Waals surface area contributed by atoms with E-state index in [9.17, 15) is 9.18 Å². The third-order valence-electron chi connectivity index (χ3n) is 4.37. The second-order valence-electron chi connectivity index (χ2n) is 6.34. The van der Waals surface area contributed by atoms with Crippen LogP contribution in [-0.2, 0) is 11.2 Å².